The highest BCUT2D eigenvalue weighted by Gasteiger charge is 2.39. The first-order chi connectivity index (χ1) is 11.4. The number of H-pyrrole nitrogens is 1. The average Bonchev–Trinajstić information content (AvgIpc) is 3.16. The molecule has 6 nitrogen and oxygen atoms in total. The van der Waals surface area contributed by atoms with Crippen molar-refractivity contribution in [2.75, 3.05) is 5.73 Å². The molecule has 130 valence electrons. The number of carbonyl (C=O) groups excluding carboxylic acids is 1. The second kappa shape index (κ2) is 7.07. The Morgan fingerprint density at radius 1 is 1.17 bits per heavy atom. The van der Waals surface area contributed by atoms with Gasteiger partial charge in [-0.2, -0.15) is 4.98 Å². The van der Waals surface area contributed by atoms with Crippen molar-refractivity contribution in [3.63, 3.8) is 0 Å². The SMILES string of the molecule is Nc1c(Cl)c(Cl)[nH+]c(C(=O)NNC(=S)N[C@H]2C[C@@H]3CC[C@H]2C3)c1Cl. The van der Waals surface area contributed by atoms with Crippen molar-refractivity contribution in [2.45, 2.75) is 31.7 Å². The molecular formula is C14H17Cl3N5OS+. The largest absolute Gasteiger partial charge is 0.396 e. The fraction of sp³-hybridized carbons (Fsp3) is 0.500. The number of nitrogens with one attached hydrogen (secondary N) is 4. The molecule has 3 rings (SSSR count). The van der Waals surface area contributed by atoms with E-state index in [4.69, 9.17) is 52.8 Å². The number of hydrazine groups is 1. The molecule has 0 unspecified atom stereocenters. The van der Waals surface area contributed by atoms with E-state index in [-0.39, 0.29) is 26.6 Å². The van der Waals surface area contributed by atoms with Gasteiger partial charge >= 0.3 is 5.91 Å². The number of anilines is 1. The van der Waals surface area contributed by atoms with Crippen LogP contribution in [0.2, 0.25) is 15.2 Å². The minimum Gasteiger partial charge on any atom is -0.396 e. The fourth-order valence-electron chi connectivity index (χ4n) is 3.53. The van der Waals surface area contributed by atoms with Gasteiger partial charge in [-0.1, -0.05) is 29.6 Å². The maximum atomic E-state index is 12.2. The predicted molar refractivity (Wildman–Crippen MR) is 98.0 cm³/mol. The molecular weight excluding hydrogens is 393 g/mol. The summed E-state index contributed by atoms with van der Waals surface area (Å²) >= 11 is 23.0. The Hall–Kier alpha value is -1.02. The Balaban J connectivity index is 1.57. The van der Waals surface area contributed by atoms with Crippen molar-refractivity contribution in [1.29, 1.82) is 0 Å². The van der Waals surface area contributed by atoms with Crippen molar-refractivity contribution in [1.82, 2.24) is 16.2 Å². The summed E-state index contributed by atoms with van der Waals surface area (Å²) in [5.41, 5.74) is 10.9. The van der Waals surface area contributed by atoms with Crippen molar-refractivity contribution in [3.8, 4) is 0 Å². The number of thiocarbonyl (C=S) groups is 1. The Labute approximate surface area is 159 Å². The highest BCUT2D eigenvalue weighted by atomic mass is 35.5. The number of hydrogen-bond acceptors (Lipinski definition) is 3. The van der Waals surface area contributed by atoms with Gasteiger partial charge < -0.3 is 11.1 Å². The van der Waals surface area contributed by atoms with Crippen molar-refractivity contribution in [3.05, 3.63) is 20.9 Å². The second-order valence-corrected chi connectivity index (χ2v) is 7.73. The molecule has 24 heavy (non-hydrogen) atoms. The van der Waals surface area contributed by atoms with Gasteiger partial charge in [-0.25, -0.2) is 0 Å². The Bertz CT molecular complexity index is 701. The number of pyridine rings is 1. The van der Waals surface area contributed by atoms with E-state index < -0.39 is 5.91 Å². The zero-order valence-corrected chi connectivity index (χ0v) is 15.7. The summed E-state index contributed by atoms with van der Waals surface area (Å²) in [6, 6.07) is 0.372. The van der Waals surface area contributed by atoms with E-state index in [1.807, 2.05) is 0 Å². The summed E-state index contributed by atoms with van der Waals surface area (Å²) in [6.07, 6.45) is 4.94. The normalized spacial score (nSPS) is 24.7. The van der Waals surface area contributed by atoms with Gasteiger partial charge in [-0.3, -0.25) is 15.6 Å². The van der Waals surface area contributed by atoms with Gasteiger partial charge in [-0.05, 0) is 54.9 Å². The van der Waals surface area contributed by atoms with Crippen LogP contribution < -0.4 is 26.9 Å². The van der Waals surface area contributed by atoms with E-state index in [2.05, 4.69) is 21.2 Å². The third kappa shape index (κ3) is 3.49. The van der Waals surface area contributed by atoms with Crippen LogP contribution in [0.3, 0.4) is 0 Å². The minimum atomic E-state index is -0.553. The van der Waals surface area contributed by atoms with Crippen molar-refractivity contribution in [2.24, 2.45) is 11.8 Å². The second-order valence-electron chi connectivity index (χ2n) is 6.19. The molecule has 2 aliphatic carbocycles. The zero-order valence-electron chi connectivity index (χ0n) is 12.6. The molecule has 10 heteroatoms. The lowest BCUT2D eigenvalue weighted by Crippen LogP contribution is -2.51. The lowest BCUT2D eigenvalue weighted by atomic mass is 9.96. The highest BCUT2D eigenvalue weighted by molar-refractivity contribution is 7.80. The summed E-state index contributed by atoms with van der Waals surface area (Å²) in [6.45, 7) is 0. The fourth-order valence-corrected chi connectivity index (χ4v) is 4.34. The van der Waals surface area contributed by atoms with Gasteiger partial charge in [0.15, 0.2) is 5.11 Å². The van der Waals surface area contributed by atoms with Gasteiger partial charge in [0.2, 0.25) is 0 Å². The van der Waals surface area contributed by atoms with Crippen LogP contribution in [0.1, 0.15) is 36.2 Å². The number of fused-ring (bicyclic) bond motifs is 2. The number of nitrogen functional groups attached to an aromatic ring is 1. The molecule has 2 bridgehead atoms. The van der Waals surface area contributed by atoms with Crippen molar-refractivity contribution >= 4 is 63.7 Å². The van der Waals surface area contributed by atoms with Crippen LogP contribution in [0.5, 0.6) is 0 Å². The summed E-state index contributed by atoms with van der Waals surface area (Å²) < 4.78 is 0. The minimum absolute atomic E-state index is 0.00112. The van der Waals surface area contributed by atoms with Crippen LogP contribution in [0, 0.1) is 11.8 Å². The molecule has 6 N–H and O–H groups in total. The number of halogens is 3. The average molecular weight is 410 g/mol. The maximum absolute atomic E-state index is 12.2. The standard InChI is InChI=1S/C14H16Cl3N5OS/c15-8-10(18)9(16)12(17)20-11(8)13(23)21-22-14(24)19-7-4-5-1-2-6(7)3-5/h5-7H,1-4H2,(H2,18,20)(H,21,23)(H2,19,22,24)/p+1/t5-,6+,7+/m1/s1. The molecule has 0 saturated heterocycles. The maximum Gasteiger partial charge on any atom is 0.336 e. The molecule has 3 atom stereocenters. The first-order valence-electron chi connectivity index (χ1n) is 7.59. The number of rotatable bonds is 2. The molecule has 1 amide bonds. The van der Waals surface area contributed by atoms with E-state index in [0.717, 1.165) is 12.3 Å². The third-order valence-corrected chi connectivity index (χ3v) is 6.08. The van der Waals surface area contributed by atoms with Gasteiger partial charge in [0.25, 0.3) is 10.8 Å². The summed E-state index contributed by atoms with van der Waals surface area (Å²) in [7, 11) is 0. The number of aromatic nitrogens is 1. The van der Waals surface area contributed by atoms with Crippen LogP contribution in [-0.2, 0) is 0 Å². The van der Waals surface area contributed by atoms with Gasteiger partial charge in [0, 0.05) is 6.04 Å². The number of aromatic amines is 1. The van der Waals surface area contributed by atoms with Gasteiger partial charge in [0.05, 0.1) is 5.69 Å². The Morgan fingerprint density at radius 2 is 1.92 bits per heavy atom. The first-order valence-corrected chi connectivity index (χ1v) is 9.13. The Morgan fingerprint density at radius 3 is 2.54 bits per heavy atom. The summed E-state index contributed by atoms with van der Waals surface area (Å²) in [5, 5.41) is 3.72. The first kappa shape index (κ1) is 17.8. The summed E-state index contributed by atoms with van der Waals surface area (Å²) in [5.74, 6) is 0.919. The monoisotopic (exact) mass is 408 g/mol. The molecule has 1 aromatic heterocycles. The van der Waals surface area contributed by atoms with E-state index in [0.29, 0.717) is 17.1 Å². The van der Waals surface area contributed by atoms with Crippen LogP contribution in [0.15, 0.2) is 0 Å². The van der Waals surface area contributed by atoms with Crippen molar-refractivity contribution < 1.29 is 9.78 Å². The van der Waals surface area contributed by atoms with Gasteiger partial charge in [0.1, 0.15) is 10.0 Å². The van der Waals surface area contributed by atoms with Crippen LogP contribution in [-0.4, -0.2) is 17.1 Å². The predicted octanol–water partition coefficient (Wildman–Crippen LogP) is 2.34. The van der Waals surface area contributed by atoms with Crippen LogP contribution in [0.4, 0.5) is 5.69 Å². The van der Waals surface area contributed by atoms with E-state index in [1.165, 1.54) is 19.3 Å². The van der Waals surface area contributed by atoms with E-state index >= 15 is 0 Å². The zero-order chi connectivity index (χ0) is 17.4. The molecule has 1 aromatic rings. The number of nitrogens with two attached hydrogens (primary N) is 1. The summed E-state index contributed by atoms with van der Waals surface area (Å²) in [4.78, 5) is 14.8. The third-order valence-electron chi connectivity index (χ3n) is 4.69. The molecule has 2 fully saturated rings. The smallest absolute Gasteiger partial charge is 0.336 e. The number of hydrogen-bond donors (Lipinski definition) is 4. The quantitative estimate of drug-likeness (QED) is 0.342. The molecule has 2 aliphatic rings. The lowest BCUT2D eigenvalue weighted by molar-refractivity contribution is -0.379. The van der Waals surface area contributed by atoms with Crippen LogP contribution in [0.25, 0.3) is 0 Å². The van der Waals surface area contributed by atoms with Crippen LogP contribution >= 0.6 is 47.0 Å². The molecule has 2 saturated carbocycles. The Kier molecular flexibility index (Phi) is 5.24. The molecule has 0 aromatic carbocycles. The number of amides is 1. The van der Waals surface area contributed by atoms with Gasteiger partial charge in [-0.15, -0.1) is 0 Å². The lowest BCUT2D eigenvalue weighted by Gasteiger charge is -2.24. The molecule has 0 aliphatic heterocycles. The number of carbonyl (C=O) groups is 1. The van der Waals surface area contributed by atoms with E-state index in [9.17, 15) is 4.79 Å². The topological polar surface area (TPSA) is 93.3 Å². The molecule has 0 spiro atoms. The highest BCUT2D eigenvalue weighted by Crippen LogP contribution is 2.44. The molecule has 1 heterocycles. The van der Waals surface area contributed by atoms with E-state index in [1.54, 1.807) is 0 Å². The molecule has 0 radical (unpaired) electrons.